The van der Waals surface area contributed by atoms with Crippen LogP contribution in [-0.4, -0.2) is 35.5 Å². The molecule has 0 aliphatic carbocycles. The largest absolute Gasteiger partial charge is 0.478 e. The SMILES string of the molecule is COCCCSc1nccc(C)c1C(=O)O. The van der Waals surface area contributed by atoms with E-state index in [1.54, 1.807) is 26.3 Å². The first-order valence-corrected chi connectivity index (χ1v) is 5.96. The number of methoxy groups -OCH3 is 1. The maximum Gasteiger partial charge on any atom is 0.338 e. The van der Waals surface area contributed by atoms with E-state index in [-0.39, 0.29) is 0 Å². The Morgan fingerprint density at radius 3 is 3.00 bits per heavy atom. The van der Waals surface area contributed by atoms with Crippen LogP contribution in [0, 0.1) is 6.92 Å². The molecule has 0 amide bonds. The summed E-state index contributed by atoms with van der Waals surface area (Å²) >= 11 is 1.46. The smallest absolute Gasteiger partial charge is 0.338 e. The Labute approximate surface area is 99.0 Å². The molecular weight excluding hydrogens is 226 g/mol. The fraction of sp³-hybridized carbons (Fsp3) is 0.455. The van der Waals surface area contributed by atoms with Crippen LogP contribution in [-0.2, 0) is 4.74 Å². The monoisotopic (exact) mass is 241 g/mol. The first-order chi connectivity index (χ1) is 7.66. The molecule has 0 saturated heterocycles. The molecule has 1 heterocycles. The Morgan fingerprint density at radius 1 is 1.62 bits per heavy atom. The highest BCUT2D eigenvalue weighted by Gasteiger charge is 2.14. The molecule has 16 heavy (non-hydrogen) atoms. The van der Waals surface area contributed by atoms with Crippen LogP contribution >= 0.6 is 11.8 Å². The average Bonchev–Trinajstić information content (AvgIpc) is 2.24. The van der Waals surface area contributed by atoms with Gasteiger partial charge in [-0.05, 0) is 25.0 Å². The Bertz CT molecular complexity index is 368. The van der Waals surface area contributed by atoms with Crippen molar-refractivity contribution in [2.24, 2.45) is 0 Å². The molecule has 1 rings (SSSR count). The summed E-state index contributed by atoms with van der Waals surface area (Å²) in [6.45, 7) is 2.46. The first kappa shape index (κ1) is 13.0. The number of hydrogen-bond acceptors (Lipinski definition) is 4. The van der Waals surface area contributed by atoms with E-state index in [9.17, 15) is 4.79 Å². The van der Waals surface area contributed by atoms with E-state index in [0.29, 0.717) is 17.2 Å². The van der Waals surface area contributed by atoms with E-state index < -0.39 is 5.97 Å². The second-order valence-corrected chi connectivity index (χ2v) is 4.39. The van der Waals surface area contributed by atoms with Crippen molar-refractivity contribution in [1.82, 2.24) is 4.98 Å². The van der Waals surface area contributed by atoms with Gasteiger partial charge in [-0.1, -0.05) is 0 Å². The molecule has 0 saturated carbocycles. The van der Waals surface area contributed by atoms with Gasteiger partial charge < -0.3 is 9.84 Å². The minimum absolute atomic E-state index is 0.310. The molecule has 0 fully saturated rings. The fourth-order valence-electron chi connectivity index (χ4n) is 1.28. The van der Waals surface area contributed by atoms with Gasteiger partial charge in [0.15, 0.2) is 0 Å². The van der Waals surface area contributed by atoms with Gasteiger partial charge in [-0.3, -0.25) is 0 Å². The summed E-state index contributed by atoms with van der Waals surface area (Å²) in [5.74, 6) is -0.107. The van der Waals surface area contributed by atoms with Crippen LogP contribution in [0.1, 0.15) is 22.3 Å². The second-order valence-electron chi connectivity index (χ2n) is 3.31. The van der Waals surface area contributed by atoms with Crippen LogP contribution in [0.5, 0.6) is 0 Å². The highest BCUT2D eigenvalue weighted by atomic mass is 32.2. The van der Waals surface area contributed by atoms with Gasteiger partial charge in [-0.25, -0.2) is 9.78 Å². The summed E-state index contributed by atoms with van der Waals surface area (Å²) in [5, 5.41) is 9.66. The topological polar surface area (TPSA) is 59.4 Å². The maximum absolute atomic E-state index is 11.1. The van der Waals surface area contributed by atoms with Gasteiger partial charge in [0.05, 0.1) is 5.56 Å². The molecule has 0 atom stereocenters. The Morgan fingerprint density at radius 2 is 2.38 bits per heavy atom. The second kappa shape index (κ2) is 6.50. The molecule has 1 aromatic rings. The first-order valence-electron chi connectivity index (χ1n) is 4.97. The Balaban J connectivity index is 2.71. The minimum atomic E-state index is -0.917. The van der Waals surface area contributed by atoms with Crippen molar-refractivity contribution in [3.63, 3.8) is 0 Å². The van der Waals surface area contributed by atoms with E-state index in [1.807, 2.05) is 0 Å². The van der Waals surface area contributed by atoms with Crippen molar-refractivity contribution in [1.29, 1.82) is 0 Å². The summed E-state index contributed by atoms with van der Waals surface area (Å²) in [6.07, 6.45) is 2.52. The van der Waals surface area contributed by atoms with Crippen molar-refractivity contribution in [2.45, 2.75) is 18.4 Å². The quantitative estimate of drug-likeness (QED) is 0.611. The third-order valence-electron chi connectivity index (χ3n) is 2.07. The van der Waals surface area contributed by atoms with Crippen LogP contribution in [0.3, 0.4) is 0 Å². The number of nitrogens with zero attached hydrogens (tertiary/aromatic N) is 1. The molecule has 4 nitrogen and oxygen atoms in total. The van der Waals surface area contributed by atoms with Crippen LogP contribution in [0.2, 0.25) is 0 Å². The number of carboxylic acids is 1. The van der Waals surface area contributed by atoms with E-state index in [2.05, 4.69) is 4.98 Å². The zero-order valence-electron chi connectivity index (χ0n) is 9.40. The number of ether oxygens (including phenoxy) is 1. The molecule has 0 bridgehead atoms. The van der Waals surface area contributed by atoms with Gasteiger partial charge in [-0.15, -0.1) is 11.8 Å². The Hall–Kier alpha value is -1.07. The molecule has 1 N–H and O–H groups in total. The standard InChI is InChI=1S/C11H15NO3S/c1-8-4-5-12-10(9(8)11(13)14)16-7-3-6-15-2/h4-5H,3,6-7H2,1-2H3,(H,13,14). The average molecular weight is 241 g/mol. The minimum Gasteiger partial charge on any atom is -0.478 e. The van der Waals surface area contributed by atoms with Crippen LogP contribution in [0.4, 0.5) is 0 Å². The number of carboxylic acid groups (broad SMARTS) is 1. The molecule has 0 spiro atoms. The van der Waals surface area contributed by atoms with Crippen molar-refractivity contribution in [2.75, 3.05) is 19.5 Å². The lowest BCUT2D eigenvalue weighted by atomic mass is 10.2. The fourth-order valence-corrected chi connectivity index (χ4v) is 2.26. The van der Waals surface area contributed by atoms with Gasteiger partial charge in [0, 0.05) is 25.7 Å². The summed E-state index contributed by atoms with van der Waals surface area (Å²) in [5.41, 5.74) is 1.06. The van der Waals surface area contributed by atoms with Gasteiger partial charge in [-0.2, -0.15) is 0 Å². The third-order valence-corrected chi connectivity index (χ3v) is 3.15. The van der Waals surface area contributed by atoms with Crippen molar-refractivity contribution in [3.8, 4) is 0 Å². The summed E-state index contributed by atoms with van der Waals surface area (Å²) in [7, 11) is 1.65. The lowest BCUT2D eigenvalue weighted by molar-refractivity contribution is 0.0691. The maximum atomic E-state index is 11.1. The zero-order chi connectivity index (χ0) is 12.0. The number of aromatic nitrogens is 1. The van der Waals surface area contributed by atoms with E-state index >= 15 is 0 Å². The van der Waals surface area contributed by atoms with E-state index in [1.165, 1.54) is 11.8 Å². The lowest BCUT2D eigenvalue weighted by Gasteiger charge is -2.06. The molecule has 0 aliphatic rings. The van der Waals surface area contributed by atoms with Gasteiger partial charge in [0.2, 0.25) is 0 Å². The molecule has 0 aromatic carbocycles. The molecule has 0 aliphatic heterocycles. The number of rotatable bonds is 6. The highest BCUT2D eigenvalue weighted by molar-refractivity contribution is 7.99. The van der Waals surface area contributed by atoms with Crippen LogP contribution in [0.25, 0.3) is 0 Å². The van der Waals surface area contributed by atoms with Gasteiger partial charge in [0.25, 0.3) is 0 Å². The van der Waals surface area contributed by atoms with Crippen LogP contribution < -0.4 is 0 Å². The third kappa shape index (κ3) is 3.50. The van der Waals surface area contributed by atoms with Gasteiger partial charge in [0.1, 0.15) is 5.03 Å². The number of carbonyl (C=O) groups is 1. The van der Waals surface area contributed by atoms with Crippen molar-refractivity contribution < 1.29 is 14.6 Å². The zero-order valence-corrected chi connectivity index (χ0v) is 10.2. The molecule has 0 unspecified atom stereocenters. The predicted molar refractivity (Wildman–Crippen MR) is 63.2 cm³/mol. The summed E-state index contributed by atoms with van der Waals surface area (Å²) in [6, 6.07) is 1.71. The number of hydrogen-bond donors (Lipinski definition) is 1. The summed E-state index contributed by atoms with van der Waals surface area (Å²) in [4.78, 5) is 15.2. The highest BCUT2D eigenvalue weighted by Crippen LogP contribution is 2.23. The molecule has 5 heteroatoms. The van der Waals surface area contributed by atoms with E-state index in [4.69, 9.17) is 9.84 Å². The van der Waals surface area contributed by atoms with Crippen molar-refractivity contribution in [3.05, 3.63) is 23.4 Å². The number of aryl methyl sites for hydroxylation is 1. The number of aromatic carboxylic acids is 1. The molecule has 0 radical (unpaired) electrons. The molecular formula is C11H15NO3S. The number of thioether (sulfide) groups is 1. The van der Waals surface area contributed by atoms with Crippen molar-refractivity contribution >= 4 is 17.7 Å². The van der Waals surface area contributed by atoms with E-state index in [0.717, 1.165) is 17.7 Å². The molecule has 1 aromatic heterocycles. The lowest BCUT2D eigenvalue weighted by Crippen LogP contribution is -2.04. The normalized spacial score (nSPS) is 10.4. The van der Waals surface area contributed by atoms with Crippen LogP contribution in [0.15, 0.2) is 17.3 Å². The predicted octanol–water partition coefficient (Wildman–Crippen LogP) is 2.22. The number of pyridine rings is 1. The molecule has 88 valence electrons. The Kier molecular flexibility index (Phi) is 5.28. The van der Waals surface area contributed by atoms with Gasteiger partial charge >= 0.3 is 5.97 Å². The summed E-state index contributed by atoms with van der Waals surface area (Å²) < 4.78 is 4.93.